The van der Waals surface area contributed by atoms with Gasteiger partial charge in [-0.1, -0.05) is 11.6 Å². The van der Waals surface area contributed by atoms with Crippen LogP contribution in [0, 0.1) is 17.7 Å². The largest absolute Gasteiger partial charge is 0.318 e. The average molecular weight is 287 g/mol. The molecule has 0 unspecified atom stereocenters. The molecule has 0 bridgehead atoms. The van der Waals surface area contributed by atoms with Crippen LogP contribution in [0.4, 0.5) is 18.9 Å². The lowest BCUT2D eigenvalue weighted by Gasteiger charge is -2.06. The predicted molar refractivity (Wildman–Crippen MR) is 63.5 cm³/mol. The maximum absolute atomic E-state index is 13.2. The zero-order chi connectivity index (χ0) is 14.0. The van der Waals surface area contributed by atoms with Gasteiger partial charge in [0, 0.05) is 5.56 Å². The first-order valence-corrected chi connectivity index (χ1v) is 5.43. The average Bonchev–Trinajstić information content (AvgIpc) is 2.36. The van der Waals surface area contributed by atoms with E-state index in [0.29, 0.717) is 0 Å². The van der Waals surface area contributed by atoms with Crippen LogP contribution in [0.1, 0.15) is 10.4 Å². The van der Waals surface area contributed by atoms with E-state index in [2.05, 4.69) is 10.3 Å². The molecule has 0 saturated heterocycles. The van der Waals surface area contributed by atoms with E-state index >= 15 is 0 Å². The molecule has 1 amide bonds. The third-order valence-corrected chi connectivity index (χ3v) is 2.55. The highest BCUT2D eigenvalue weighted by Crippen LogP contribution is 2.17. The first-order valence-electron chi connectivity index (χ1n) is 5.06. The lowest BCUT2D eigenvalue weighted by molar-refractivity contribution is 0.102. The van der Waals surface area contributed by atoms with Crippen molar-refractivity contribution in [3.05, 3.63) is 58.6 Å². The third-order valence-electron chi connectivity index (χ3n) is 2.24. The normalized spacial score (nSPS) is 10.3. The van der Waals surface area contributed by atoms with Crippen molar-refractivity contribution in [1.82, 2.24) is 4.98 Å². The van der Waals surface area contributed by atoms with Crippen molar-refractivity contribution in [2.45, 2.75) is 0 Å². The number of rotatable bonds is 2. The van der Waals surface area contributed by atoms with Gasteiger partial charge in [-0.15, -0.1) is 0 Å². The summed E-state index contributed by atoms with van der Waals surface area (Å²) in [5.74, 6) is -3.70. The van der Waals surface area contributed by atoms with Crippen LogP contribution in [0.3, 0.4) is 0 Å². The van der Waals surface area contributed by atoms with Gasteiger partial charge >= 0.3 is 0 Å². The van der Waals surface area contributed by atoms with Crippen LogP contribution in [0.5, 0.6) is 0 Å². The molecule has 2 aromatic rings. The zero-order valence-corrected chi connectivity index (χ0v) is 10.0. The van der Waals surface area contributed by atoms with Crippen LogP contribution in [-0.4, -0.2) is 10.9 Å². The first kappa shape index (κ1) is 13.4. The van der Waals surface area contributed by atoms with Crippen molar-refractivity contribution in [1.29, 1.82) is 0 Å². The number of nitrogens with one attached hydrogen (secondary N) is 1. The van der Waals surface area contributed by atoms with Gasteiger partial charge in [0.25, 0.3) is 5.91 Å². The molecule has 2 rings (SSSR count). The molecule has 3 nitrogen and oxygen atoms in total. The van der Waals surface area contributed by atoms with Crippen molar-refractivity contribution in [2.24, 2.45) is 0 Å². The number of benzene rings is 1. The molecule has 19 heavy (non-hydrogen) atoms. The highest BCUT2D eigenvalue weighted by atomic mass is 35.5. The highest BCUT2D eigenvalue weighted by molar-refractivity contribution is 6.30. The molecule has 1 aromatic carbocycles. The van der Waals surface area contributed by atoms with E-state index in [1.807, 2.05) is 0 Å². The Kier molecular flexibility index (Phi) is 3.71. The van der Waals surface area contributed by atoms with Gasteiger partial charge in [0.05, 0.1) is 10.7 Å². The Hall–Kier alpha value is -2.08. The monoisotopic (exact) mass is 286 g/mol. The van der Waals surface area contributed by atoms with Crippen LogP contribution in [0.2, 0.25) is 5.02 Å². The molecule has 1 heterocycles. The van der Waals surface area contributed by atoms with E-state index in [1.165, 1.54) is 12.1 Å². The highest BCUT2D eigenvalue weighted by Gasteiger charge is 2.12. The molecule has 98 valence electrons. The number of nitrogens with zero attached hydrogens (tertiary/aromatic N) is 1. The molecule has 0 aliphatic rings. The number of carbonyl (C=O) groups excluding carboxylic acids is 1. The van der Waals surface area contributed by atoms with E-state index in [4.69, 9.17) is 11.6 Å². The standard InChI is InChI=1S/C12H6ClF3N2O/c13-7-2-1-6(5-8(7)14)12(19)17-9-3-4-10(15)18-11(9)16/h1-5H,(H,17,19). The number of aromatic nitrogens is 1. The van der Waals surface area contributed by atoms with E-state index < -0.39 is 23.6 Å². The number of hydrogen-bond acceptors (Lipinski definition) is 2. The van der Waals surface area contributed by atoms with Gasteiger partial charge in [-0.2, -0.15) is 13.8 Å². The number of hydrogen-bond donors (Lipinski definition) is 1. The van der Waals surface area contributed by atoms with Crippen molar-refractivity contribution in [3.63, 3.8) is 0 Å². The molecule has 0 spiro atoms. The van der Waals surface area contributed by atoms with Crippen molar-refractivity contribution in [3.8, 4) is 0 Å². The molecule has 0 fully saturated rings. The van der Waals surface area contributed by atoms with E-state index in [-0.39, 0.29) is 16.3 Å². The third kappa shape index (κ3) is 3.03. The maximum Gasteiger partial charge on any atom is 0.255 e. The predicted octanol–water partition coefficient (Wildman–Crippen LogP) is 3.40. The molecule has 0 aliphatic carbocycles. The van der Waals surface area contributed by atoms with Gasteiger partial charge in [0.15, 0.2) is 0 Å². The van der Waals surface area contributed by atoms with Gasteiger partial charge in [0.2, 0.25) is 11.9 Å². The van der Waals surface area contributed by atoms with Gasteiger partial charge in [-0.05, 0) is 30.3 Å². The van der Waals surface area contributed by atoms with Crippen LogP contribution in [0.15, 0.2) is 30.3 Å². The quantitative estimate of drug-likeness (QED) is 0.860. The second kappa shape index (κ2) is 5.27. The minimum absolute atomic E-state index is 0.0503. The summed E-state index contributed by atoms with van der Waals surface area (Å²) in [6.07, 6.45) is 0. The fourth-order valence-electron chi connectivity index (χ4n) is 1.34. The Morgan fingerprint density at radius 2 is 1.89 bits per heavy atom. The Bertz CT molecular complexity index is 649. The Morgan fingerprint density at radius 3 is 2.53 bits per heavy atom. The van der Waals surface area contributed by atoms with Crippen LogP contribution in [-0.2, 0) is 0 Å². The Balaban J connectivity index is 2.23. The van der Waals surface area contributed by atoms with Crippen LogP contribution in [0.25, 0.3) is 0 Å². The Labute approximate surface area is 111 Å². The minimum atomic E-state index is -1.16. The molecule has 1 aromatic heterocycles. The van der Waals surface area contributed by atoms with E-state index in [1.54, 1.807) is 0 Å². The van der Waals surface area contributed by atoms with E-state index in [9.17, 15) is 18.0 Å². The summed E-state index contributed by atoms with van der Waals surface area (Å²) in [5, 5.41) is 2.01. The molecule has 0 aliphatic heterocycles. The van der Waals surface area contributed by atoms with Crippen LogP contribution < -0.4 is 5.32 Å². The molecular weight excluding hydrogens is 281 g/mol. The molecule has 0 radical (unpaired) electrons. The summed E-state index contributed by atoms with van der Waals surface area (Å²) in [6, 6.07) is 5.29. The lowest BCUT2D eigenvalue weighted by Crippen LogP contribution is -2.14. The smallest absolute Gasteiger partial charge is 0.255 e. The first-order chi connectivity index (χ1) is 8.97. The number of pyridine rings is 1. The number of amides is 1. The summed E-state index contributed by atoms with van der Waals surface area (Å²) in [5.41, 5.74) is -0.354. The van der Waals surface area contributed by atoms with Crippen LogP contribution >= 0.6 is 11.6 Å². The Morgan fingerprint density at radius 1 is 1.16 bits per heavy atom. The van der Waals surface area contributed by atoms with Crippen molar-refractivity contribution >= 4 is 23.2 Å². The van der Waals surface area contributed by atoms with Gasteiger partial charge < -0.3 is 5.32 Å². The SMILES string of the molecule is O=C(Nc1ccc(F)nc1F)c1ccc(Cl)c(F)c1. The van der Waals surface area contributed by atoms with Crippen molar-refractivity contribution < 1.29 is 18.0 Å². The van der Waals surface area contributed by atoms with Gasteiger partial charge in [-0.3, -0.25) is 4.79 Å². The molecule has 0 atom stereocenters. The van der Waals surface area contributed by atoms with Gasteiger partial charge in [-0.25, -0.2) is 4.39 Å². The number of anilines is 1. The van der Waals surface area contributed by atoms with E-state index in [0.717, 1.165) is 18.2 Å². The van der Waals surface area contributed by atoms with Gasteiger partial charge in [0.1, 0.15) is 5.82 Å². The summed E-state index contributed by atoms with van der Waals surface area (Å²) < 4.78 is 38.9. The fraction of sp³-hybridized carbons (Fsp3) is 0. The minimum Gasteiger partial charge on any atom is -0.318 e. The zero-order valence-electron chi connectivity index (χ0n) is 9.25. The lowest BCUT2D eigenvalue weighted by atomic mass is 10.2. The molecule has 7 heteroatoms. The summed E-state index contributed by atoms with van der Waals surface area (Å²) >= 11 is 5.47. The summed E-state index contributed by atoms with van der Waals surface area (Å²) in [6.45, 7) is 0. The summed E-state index contributed by atoms with van der Waals surface area (Å²) in [7, 11) is 0. The van der Waals surface area contributed by atoms with Crippen molar-refractivity contribution in [2.75, 3.05) is 5.32 Å². The number of carbonyl (C=O) groups is 1. The maximum atomic E-state index is 13.2. The summed E-state index contributed by atoms with van der Waals surface area (Å²) in [4.78, 5) is 14.6. The number of halogens is 4. The topological polar surface area (TPSA) is 42.0 Å². The molecule has 0 saturated carbocycles. The second-order valence-corrected chi connectivity index (χ2v) is 3.96. The second-order valence-electron chi connectivity index (χ2n) is 3.56. The fourth-order valence-corrected chi connectivity index (χ4v) is 1.45. The molecule has 1 N–H and O–H groups in total. The molecular formula is C12H6ClF3N2O.